The van der Waals surface area contributed by atoms with Gasteiger partial charge in [-0.2, -0.15) is 0 Å². The number of benzene rings is 1. The van der Waals surface area contributed by atoms with Crippen molar-refractivity contribution in [1.82, 2.24) is 10.3 Å². The number of aromatic amines is 1. The van der Waals surface area contributed by atoms with Gasteiger partial charge >= 0.3 is 0 Å². The van der Waals surface area contributed by atoms with Crippen LogP contribution in [0, 0.1) is 19.7 Å². The van der Waals surface area contributed by atoms with Crippen LogP contribution in [0.4, 0.5) is 15.8 Å². The van der Waals surface area contributed by atoms with E-state index in [0.29, 0.717) is 28.2 Å². The van der Waals surface area contributed by atoms with Crippen molar-refractivity contribution in [2.45, 2.75) is 27.2 Å². The zero-order chi connectivity index (χ0) is 19.6. The SMILES string of the molecule is CCCNCC(=O)Nc1c(C)[nH]c(/C=C2\C(=O)Nc3ccc(F)cc32)c1C.Cl. The molecule has 6 nitrogen and oxygen atoms in total. The summed E-state index contributed by atoms with van der Waals surface area (Å²) in [6, 6.07) is 4.20. The monoisotopic (exact) mass is 406 g/mol. The summed E-state index contributed by atoms with van der Waals surface area (Å²) in [7, 11) is 0. The lowest BCUT2D eigenvalue weighted by Gasteiger charge is -2.07. The number of amides is 2. The predicted molar refractivity (Wildman–Crippen MR) is 112 cm³/mol. The molecule has 1 aliphatic heterocycles. The molecular formula is C20H24ClFN4O2. The Morgan fingerprint density at radius 1 is 1.29 bits per heavy atom. The van der Waals surface area contributed by atoms with Crippen molar-refractivity contribution in [1.29, 1.82) is 0 Å². The van der Waals surface area contributed by atoms with Gasteiger partial charge in [0.2, 0.25) is 5.91 Å². The third kappa shape index (κ3) is 4.43. The Balaban J connectivity index is 0.00000280. The van der Waals surface area contributed by atoms with Crippen LogP contribution >= 0.6 is 12.4 Å². The second kappa shape index (κ2) is 9.03. The van der Waals surface area contributed by atoms with E-state index < -0.39 is 5.82 Å². The molecule has 150 valence electrons. The normalized spacial score (nSPS) is 13.9. The topological polar surface area (TPSA) is 86.0 Å². The molecule has 0 aliphatic carbocycles. The van der Waals surface area contributed by atoms with Gasteiger partial charge in [-0.05, 0) is 56.7 Å². The Labute approximate surface area is 169 Å². The lowest BCUT2D eigenvalue weighted by molar-refractivity contribution is -0.115. The standard InChI is InChI=1S/C20H23FN4O2.ClH/c1-4-7-22-10-18(26)25-19-11(2)17(23-12(19)3)9-15-14-8-13(21)5-6-16(14)24-20(15)27;/h5-6,8-9,22-23H,4,7,10H2,1-3H3,(H,24,27)(H,25,26);1H/b15-9-;. The van der Waals surface area contributed by atoms with Crippen molar-refractivity contribution in [3.05, 3.63) is 46.5 Å². The fourth-order valence-electron chi connectivity index (χ4n) is 3.12. The first-order valence-electron chi connectivity index (χ1n) is 8.93. The molecule has 3 rings (SSSR count). The highest BCUT2D eigenvalue weighted by Gasteiger charge is 2.25. The third-order valence-corrected chi connectivity index (χ3v) is 4.51. The number of aryl methyl sites for hydroxylation is 1. The number of carbonyl (C=O) groups excluding carboxylic acids is 2. The van der Waals surface area contributed by atoms with Crippen LogP contribution in [0.25, 0.3) is 11.6 Å². The molecule has 0 unspecified atom stereocenters. The van der Waals surface area contributed by atoms with Crippen LogP contribution in [0.5, 0.6) is 0 Å². The number of hydrogen-bond donors (Lipinski definition) is 4. The number of anilines is 2. The zero-order valence-corrected chi connectivity index (χ0v) is 16.8. The third-order valence-electron chi connectivity index (χ3n) is 4.51. The molecule has 4 N–H and O–H groups in total. The summed E-state index contributed by atoms with van der Waals surface area (Å²) < 4.78 is 13.6. The summed E-state index contributed by atoms with van der Waals surface area (Å²) in [4.78, 5) is 27.6. The highest BCUT2D eigenvalue weighted by atomic mass is 35.5. The number of hydrogen-bond acceptors (Lipinski definition) is 3. The second-order valence-corrected chi connectivity index (χ2v) is 6.59. The lowest BCUT2D eigenvalue weighted by atomic mass is 10.0. The average molecular weight is 407 g/mol. The number of rotatable bonds is 6. The fraction of sp³-hybridized carbons (Fsp3) is 0.300. The summed E-state index contributed by atoms with van der Waals surface area (Å²) >= 11 is 0. The van der Waals surface area contributed by atoms with Gasteiger partial charge in [0, 0.05) is 22.6 Å². The predicted octanol–water partition coefficient (Wildman–Crippen LogP) is 3.62. The number of carbonyl (C=O) groups is 2. The van der Waals surface area contributed by atoms with Gasteiger partial charge in [0.15, 0.2) is 0 Å². The van der Waals surface area contributed by atoms with Crippen molar-refractivity contribution in [2.75, 3.05) is 23.7 Å². The van der Waals surface area contributed by atoms with Crippen LogP contribution in [0.3, 0.4) is 0 Å². The summed E-state index contributed by atoms with van der Waals surface area (Å²) in [5.41, 5.74) is 4.51. The van der Waals surface area contributed by atoms with E-state index in [1.165, 1.54) is 12.1 Å². The zero-order valence-electron chi connectivity index (χ0n) is 16.0. The van der Waals surface area contributed by atoms with E-state index in [2.05, 4.69) is 20.9 Å². The first-order valence-corrected chi connectivity index (χ1v) is 8.93. The Kier molecular flexibility index (Phi) is 6.99. The van der Waals surface area contributed by atoms with Gasteiger partial charge in [-0.1, -0.05) is 6.92 Å². The van der Waals surface area contributed by atoms with Crippen molar-refractivity contribution >= 4 is 47.2 Å². The molecule has 28 heavy (non-hydrogen) atoms. The molecule has 0 fully saturated rings. The highest BCUT2D eigenvalue weighted by Crippen LogP contribution is 2.35. The number of H-pyrrole nitrogens is 1. The van der Waals surface area contributed by atoms with E-state index in [1.54, 1.807) is 12.1 Å². The Bertz CT molecular complexity index is 937. The van der Waals surface area contributed by atoms with Crippen LogP contribution in [0.1, 0.15) is 35.9 Å². The Hall–Kier alpha value is -2.64. The molecule has 0 spiro atoms. The van der Waals surface area contributed by atoms with Gasteiger partial charge < -0.3 is 20.9 Å². The molecular weight excluding hydrogens is 383 g/mol. The molecule has 1 aromatic carbocycles. The minimum absolute atomic E-state index is 0. The molecule has 2 heterocycles. The van der Waals surface area contributed by atoms with Crippen LogP contribution in [-0.4, -0.2) is 29.9 Å². The summed E-state index contributed by atoms with van der Waals surface area (Å²) in [5.74, 6) is -0.807. The molecule has 0 saturated carbocycles. The van der Waals surface area contributed by atoms with Crippen LogP contribution in [0.15, 0.2) is 18.2 Å². The van der Waals surface area contributed by atoms with Crippen molar-refractivity contribution in [3.8, 4) is 0 Å². The molecule has 0 saturated heterocycles. The van der Waals surface area contributed by atoms with Gasteiger partial charge in [-0.15, -0.1) is 12.4 Å². The first kappa shape index (κ1) is 21.7. The Morgan fingerprint density at radius 2 is 2.04 bits per heavy atom. The maximum absolute atomic E-state index is 13.6. The minimum Gasteiger partial charge on any atom is -0.357 e. The molecule has 0 radical (unpaired) electrons. The van der Waals surface area contributed by atoms with Crippen molar-refractivity contribution < 1.29 is 14.0 Å². The molecule has 0 atom stereocenters. The minimum atomic E-state index is -0.400. The maximum atomic E-state index is 13.6. The van der Waals surface area contributed by atoms with Crippen molar-refractivity contribution in [2.24, 2.45) is 0 Å². The van der Waals surface area contributed by atoms with E-state index in [0.717, 1.165) is 24.2 Å². The van der Waals surface area contributed by atoms with Crippen molar-refractivity contribution in [3.63, 3.8) is 0 Å². The van der Waals surface area contributed by atoms with Gasteiger partial charge in [0.1, 0.15) is 5.82 Å². The average Bonchev–Trinajstić information content (AvgIpc) is 3.06. The number of fused-ring (bicyclic) bond motifs is 1. The number of aromatic nitrogens is 1. The largest absolute Gasteiger partial charge is 0.357 e. The molecule has 2 amide bonds. The van der Waals surface area contributed by atoms with E-state index in [9.17, 15) is 14.0 Å². The van der Waals surface area contributed by atoms with E-state index in [-0.39, 0.29) is 30.8 Å². The van der Waals surface area contributed by atoms with Gasteiger partial charge in [0.25, 0.3) is 5.91 Å². The molecule has 1 aromatic heterocycles. The van der Waals surface area contributed by atoms with E-state index in [1.807, 2.05) is 20.8 Å². The van der Waals surface area contributed by atoms with E-state index >= 15 is 0 Å². The van der Waals surface area contributed by atoms with Crippen LogP contribution < -0.4 is 16.0 Å². The first-order chi connectivity index (χ1) is 12.9. The quantitative estimate of drug-likeness (QED) is 0.436. The second-order valence-electron chi connectivity index (χ2n) is 6.59. The smallest absolute Gasteiger partial charge is 0.256 e. The van der Waals surface area contributed by atoms with Gasteiger partial charge in [-0.25, -0.2) is 4.39 Å². The lowest BCUT2D eigenvalue weighted by Crippen LogP contribution is -2.28. The summed E-state index contributed by atoms with van der Waals surface area (Å²) in [5, 5.41) is 8.69. The molecule has 8 heteroatoms. The molecule has 1 aliphatic rings. The summed E-state index contributed by atoms with van der Waals surface area (Å²) in [6.45, 7) is 6.77. The summed E-state index contributed by atoms with van der Waals surface area (Å²) in [6.07, 6.45) is 2.64. The Morgan fingerprint density at radius 3 is 2.75 bits per heavy atom. The fourth-order valence-corrected chi connectivity index (χ4v) is 3.12. The molecule has 0 bridgehead atoms. The maximum Gasteiger partial charge on any atom is 0.256 e. The van der Waals surface area contributed by atoms with Gasteiger partial charge in [0.05, 0.1) is 17.8 Å². The van der Waals surface area contributed by atoms with E-state index in [4.69, 9.17) is 0 Å². The molecule has 2 aromatic rings. The number of halogens is 2. The van der Waals surface area contributed by atoms with Crippen LogP contribution in [0.2, 0.25) is 0 Å². The number of nitrogens with one attached hydrogen (secondary N) is 4. The highest BCUT2D eigenvalue weighted by molar-refractivity contribution is 6.34. The van der Waals surface area contributed by atoms with Gasteiger partial charge in [-0.3, -0.25) is 9.59 Å². The van der Waals surface area contributed by atoms with Crippen LogP contribution in [-0.2, 0) is 9.59 Å².